The highest BCUT2D eigenvalue weighted by atomic mass is 79.9. The van der Waals surface area contributed by atoms with Gasteiger partial charge in [-0.15, -0.1) is 0 Å². The molecule has 5 nitrogen and oxygen atoms in total. The van der Waals surface area contributed by atoms with Gasteiger partial charge in [0.25, 0.3) is 0 Å². The van der Waals surface area contributed by atoms with Gasteiger partial charge in [-0.05, 0) is 38.0 Å². The van der Waals surface area contributed by atoms with E-state index in [1.165, 1.54) is 6.07 Å². The number of halogens is 1. The summed E-state index contributed by atoms with van der Waals surface area (Å²) < 4.78 is 0.709. The molecule has 2 amide bonds. The van der Waals surface area contributed by atoms with Crippen molar-refractivity contribution in [1.82, 2.24) is 5.32 Å². The van der Waals surface area contributed by atoms with E-state index in [9.17, 15) is 9.59 Å². The fourth-order valence-corrected chi connectivity index (χ4v) is 1.91. The summed E-state index contributed by atoms with van der Waals surface area (Å²) in [7, 11) is 0. The van der Waals surface area contributed by atoms with Crippen molar-refractivity contribution in [2.45, 2.75) is 25.3 Å². The molecule has 0 radical (unpaired) electrons. The highest BCUT2D eigenvalue weighted by Gasteiger charge is 2.38. The van der Waals surface area contributed by atoms with Gasteiger partial charge >= 0.3 is 12.0 Å². The molecule has 18 heavy (non-hydrogen) atoms. The van der Waals surface area contributed by atoms with Crippen LogP contribution in [0.2, 0.25) is 0 Å². The average Bonchev–Trinajstić information content (AvgIpc) is 2.94. The number of hydrogen-bond acceptors (Lipinski definition) is 2. The molecule has 1 aromatic rings. The van der Waals surface area contributed by atoms with Gasteiger partial charge in [0.1, 0.15) is 0 Å². The maximum Gasteiger partial charge on any atom is 0.337 e. The molecule has 3 N–H and O–H groups in total. The Labute approximate surface area is 113 Å². The van der Waals surface area contributed by atoms with Gasteiger partial charge < -0.3 is 15.7 Å². The van der Waals surface area contributed by atoms with Crippen LogP contribution in [-0.2, 0) is 0 Å². The first kappa shape index (κ1) is 12.9. The monoisotopic (exact) mass is 312 g/mol. The van der Waals surface area contributed by atoms with Crippen LogP contribution < -0.4 is 10.6 Å². The molecule has 1 aliphatic carbocycles. The smallest absolute Gasteiger partial charge is 0.337 e. The molecule has 2 rings (SSSR count). The second kappa shape index (κ2) is 4.61. The number of carboxylic acids is 1. The summed E-state index contributed by atoms with van der Waals surface area (Å²) in [6.45, 7) is 1.95. The molecule has 0 aromatic heterocycles. The van der Waals surface area contributed by atoms with Crippen molar-refractivity contribution >= 4 is 33.6 Å². The number of carbonyl (C=O) groups is 2. The average molecular weight is 313 g/mol. The summed E-state index contributed by atoms with van der Waals surface area (Å²) in [6, 6.07) is 4.25. The zero-order valence-electron chi connectivity index (χ0n) is 9.79. The van der Waals surface area contributed by atoms with Crippen molar-refractivity contribution < 1.29 is 14.7 Å². The third kappa shape index (κ3) is 3.01. The first-order valence-corrected chi connectivity index (χ1v) is 6.31. The van der Waals surface area contributed by atoms with E-state index < -0.39 is 5.97 Å². The number of nitrogens with one attached hydrogen (secondary N) is 2. The summed E-state index contributed by atoms with van der Waals surface area (Å²) in [4.78, 5) is 22.7. The minimum absolute atomic E-state index is 0.0642. The number of benzene rings is 1. The summed E-state index contributed by atoms with van der Waals surface area (Å²) in [5.41, 5.74) is 0.201. The fraction of sp³-hybridized carbons (Fsp3) is 0.333. The number of urea groups is 1. The van der Waals surface area contributed by atoms with Gasteiger partial charge in [-0.2, -0.15) is 0 Å². The molecule has 1 aromatic carbocycles. The third-order valence-electron chi connectivity index (χ3n) is 2.88. The van der Waals surface area contributed by atoms with Crippen LogP contribution in [-0.4, -0.2) is 22.6 Å². The molecule has 1 saturated carbocycles. The fourth-order valence-electron chi connectivity index (χ4n) is 1.55. The van der Waals surface area contributed by atoms with E-state index in [1.54, 1.807) is 12.1 Å². The zero-order valence-corrected chi connectivity index (χ0v) is 11.4. The number of carboxylic acid groups (broad SMARTS) is 1. The van der Waals surface area contributed by atoms with Gasteiger partial charge in [-0.25, -0.2) is 9.59 Å². The Morgan fingerprint density at radius 3 is 2.61 bits per heavy atom. The van der Waals surface area contributed by atoms with Crippen LogP contribution in [0.1, 0.15) is 30.1 Å². The van der Waals surface area contributed by atoms with Crippen LogP contribution in [0.5, 0.6) is 0 Å². The molecule has 0 saturated heterocycles. The largest absolute Gasteiger partial charge is 0.478 e. The van der Waals surface area contributed by atoms with Crippen LogP contribution in [0.3, 0.4) is 0 Å². The predicted octanol–water partition coefficient (Wildman–Crippen LogP) is 2.82. The Morgan fingerprint density at radius 2 is 2.06 bits per heavy atom. The molecule has 6 heteroatoms. The van der Waals surface area contributed by atoms with Crippen molar-refractivity contribution in [3.05, 3.63) is 28.2 Å². The lowest BCUT2D eigenvalue weighted by Gasteiger charge is -2.14. The minimum atomic E-state index is -1.07. The van der Waals surface area contributed by atoms with Crippen molar-refractivity contribution in [3.63, 3.8) is 0 Å². The van der Waals surface area contributed by atoms with E-state index in [4.69, 9.17) is 5.11 Å². The van der Waals surface area contributed by atoms with E-state index in [-0.39, 0.29) is 22.8 Å². The van der Waals surface area contributed by atoms with Gasteiger partial charge in [0, 0.05) is 10.0 Å². The van der Waals surface area contributed by atoms with Crippen molar-refractivity contribution in [2.75, 3.05) is 5.32 Å². The Hall–Kier alpha value is -1.56. The molecule has 0 bridgehead atoms. The Balaban J connectivity index is 2.14. The topological polar surface area (TPSA) is 78.4 Å². The molecular formula is C12H13BrN2O3. The lowest BCUT2D eigenvalue weighted by molar-refractivity contribution is 0.0698. The van der Waals surface area contributed by atoms with Crippen molar-refractivity contribution in [2.24, 2.45) is 0 Å². The molecule has 96 valence electrons. The summed E-state index contributed by atoms with van der Waals surface area (Å²) in [5.74, 6) is -1.07. The Kier molecular flexibility index (Phi) is 3.30. The van der Waals surface area contributed by atoms with Crippen molar-refractivity contribution in [3.8, 4) is 0 Å². The number of carbonyl (C=O) groups excluding carboxylic acids is 1. The van der Waals surface area contributed by atoms with Gasteiger partial charge in [0.15, 0.2) is 0 Å². The molecule has 0 aliphatic heterocycles. The third-order valence-corrected chi connectivity index (χ3v) is 3.37. The number of anilines is 1. The molecule has 0 heterocycles. The maximum atomic E-state index is 11.7. The van der Waals surface area contributed by atoms with E-state index >= 15 is 0 Å². The standard InChI is InChI=1S/C12H13BrN2O3/c1-12(4-5-12)15-11(18)14-9-6-7(13)2-3-8(9)10(16)17/h2-3,6H,4-5H2,1H3,(H,16,17)(H2,14,15,18). The van der Waals surface area contributed by atoms with Gasteiger partial charge in [-0.3, -0.25) is 0 Å². The highest BCUT2D eigenvalue weighted by Crippen LogP contribution is 2.34. The molecule has 0 atom stereocenters. The summed E-state index contributed by atoms with van der Waals surface area (Å²) in [6.07, 6.45) is 1.90. The Morgan fingerprint density at radius 1 is 1.39 bits per heavy atom. The number of amides is 2. The molecule has 1 aliphatic rings. The Bertz CT molecular complexity index is 512. The number of aromatic carboxylic acids is 1. The quantitative estimate of drug-likeness (QED) is 0.803. The van der Waals surface area contributed by atoms with Crippen LogP contribution in [0.25, 0.3) is 0 Å². The SMILES string of the molecule is CC1(NC(=O)Nc2cc(Br)ccc2C(=O)O)CC1. The second-order valence-corrected chi connectivity index (χ2v) is 5.55. The van der Waals surface area contributed by atoms with Gasteiger partial charge in [-0.1, -0.05) is 15.9 Å². The second-order valence-electron chi connectivity index (χ2n) is 4.63. The van der Waals surface area contributed by atoms with Crippen LogP contribution >= 0.6 is 15.9 Å². The first-order chi connectivity index (χ1) is 8.39. The van der Waals surface area contributed by atoms with Crippen molar-refractivity contribution in [1.29, 1.82) is 0 Å². The van der Waals surface area contributed by atoms with Crippen LogP contribution in [0, 0.1) is 0 Å². The normalized spacial score (nSPS) is 15.9. The highest BCUT2D eigenvalue weighted by molar-refractivity contribution is 9.10. The van der Waals surface area contributed by atoms with Crippen LogP contribution in [0.4, 0.5) is 10.5 Å². The molecule has 0 unspecified atom stereocenters. The summed E-state index contributed by atoms with van der Waals surface area (Å²) in [5, 5.41) is 14.4. The van der Waals surface area contributed by atoms with E-state index in [2.05, 4.69) is 26.6 Å². The first-order valence-electron chi connectivity index (χ1n) is 5.52. The van der Waals surface area contributed by atoms with E-state index in [0.29, 0.717) is 4.47 Å². The van der Waals surface area contributed by atoms with Gasteiger partial charge in [0.2, 0.25) is 0 Å². The van der Waals surface area contributed by atoms with Gasteiger partial charge in [0.05, 0.1) is 11.3 Å². The zero-order chi connectivity index (χ0) is 13.3. The lowest BCUT2D eigenvalue weighted by atomic mass is 10.2. The maximum absolute atomic E-state index is 11.7. The summed E-state index contributed by atoms with van der Waals surface area (Å²) >= 11 is 3.24. The van der Waals surface area contributed by atoms with E-state index in [1.807, 2.05) is 6.92 Å². The molecular weight excluding hydrogens is 300 g/mol. The molecule has 1 fully saturated rings. The minimum Gasteiger partial charge on any atom is -0.478 e. The molecule has 0 spiro atoms. The number of hydrogen-bond donors (Lipinski definition) is 3. The van der Waals surface area contributed by atoms with Crippen LogP contribution in [0.15, 0.2) is 22.7 Å². The number of rotatable bonds is 3. The lowest BCUT2D eigenvalue weighted by Crippen LogP contribution is -2.37. The predicted molar refractivity (Wildman–Crippen MR) is 70.9 cm³/mol. The van der Waals surface area contributed by atoms with E-state index in [0.717, 1.165) is 12.8 Å².